The number of carbonyl (C=O) groups is 1. The van der Waals surface area contributed by atoms with Gasteiger partial charge < -0.3 is 10.2 Å². The van der Waals surface area contributed by atoms with Gasteiger partial charge in [0.25, 0.3) is 0 Å². The lowest BCUT2D eigenvalue weighted by molar-refractivity contribution is -0.121. The average molecular weight is 424 g/mol. The minimum Gasteiger partial charge on any atom is -0.356 e. The van der Waals surface area contributed by atoms with Crippen molar-refractivity contribution in [3.05, 3.63) is 29.8 Å². The van der Waals surface area contributed by atoms with Crippen LogP contribution in [-0.4, -0.2) is 63.3 Å². The Morgan fingerprint density at radius 1 is 1.07 bits per heavy atom. The first-order valence-corrected chi connectivity index (χ1v) is 12.4. The third kappa shape index (κ3) is 8.07. The third-order valence-electron chi connectivity index (χ3n) is 5.48. The number of unbranched alkanes of at least 4 members (excludes halogenated alkanes) is 1. The van der Waals surface area contributed by atoms with Gasteiger partial charge in [-0.15, -0.1) is 0 Å². The number of nitrogens with one attached hydrogen (secondary N) is 1. The molecule has 0 aliphatic carbocycles. The number of sulfonamides is 1. The maximum absolute atomic E-state index is 12.8. The molecule has 2 rings (SSSR count). The molecule has 0 radical (unpaired) electrons. The molecule has 1 fully saturated rings. The molecule has 0 saturated carbocycles. The summed E-state index contributed by atoms with van der Waals surface area (Å²) in [6, 6.07) is 7.10. The Morgan fingerprint density at radius 3 is 2.34 bits per heavy atom. The Balaban J connectivity index is 1.76. The smallest absolute Gasteiger partial charge is 0.243 e. The predicted molar refractivity (Wildman–Crippen MR) is 117 cm³/mol. The fourth-order valence-electron chi connectivity index (χ4n) is 3.53. The van der Waals surface area contributed by atoms with Crippen LogP contribution in [0.25, 0.3) is 0 Å². The van der Waals surface area contributed by atoms with Crippen molar-refractivity contribution in [1.82, 2.24) is 14.5 Å². The van der Waals surface area contributed by atoms with E-state index >= 15 is 0 Å². The Morgan fingerprint density at radius 2 is 1.72 bits per heavy atom. The van der Waals surface area contributed by atoms with Gasteiger partial charge in [-0.3, -0.25) is 4.79 Å². The molecule has 1 aromatic carbocycles. The van der Waals surface area contributed by atoms with Crippen molar-refractivity contribution in [2.75, 3.05) is 39.8 Å². The maximum atomic E-state index is 12.8. The van der Waals surface area contributed by atoms with Gasteiger partial charge >= 0.3 is 0 Å². The highest BCUT2D eigenvalue weighted by Crippen LogP contribution is 2.20. The Labute approximate surface area is 176 Å². The van der Waals surface area contributed by atoms with Crippen LogP contribution in [0.1, 0.15) is 57.4 Å². The lowest BCUT2D eigenvalue weighted by Crippen LogP contribution is -2.32. The van der Waals surface area contributed by atoms with Gasteiger partial charge in [0.15, 0.2) is 0 Å². The summed E-state index contributed by atoms with van der Waals surface area (Å²) in [5.41, 5.74) is 1.03. The van der Waals surface area contributed by atoms with E-state index in [1.54, 1.807) is 16.4 Å². The van der Waals surface area contributed by atoms with Crippen LogP contribution in [0.2, 0.25) is 0 Å². The van der Waals surface area contributed by atoms with Gasteiger partial charge in [0.2, 0.25) is 15.9 Å². The van der Waals surface area contributed by atoms with Gasteiger partial charge in [0, 0.05) is 32.6 Å². The molecular formula is C22H37N3O3S. The van der Waals surface area contributed by atoms with Crippen molar-refractivity contribution in [2.45, 2.75) is 63.2 Å². The van der Waals surface area contributed by atoms with Gasteiger partial charge in [0.05, 0.1) is 4.90 Å². The van der Waals surface area contributed by atoms with E-state index in [9.17, 15) is 13.2 Å². The lowest BCUT2D eigenvalue weighted by Gasteiger charge is -2.20. The first-order valence-electron chi connectivity index (χ1n) is 11.0. The molecule has 1 heterocycles. The van der Waals surface area contributed by atoms with Crippen molar-refractivity contribution in [3.63, 3.8) is 0 Å². The van der Waals surface area contributed by atoms with Crippen molar-refractivity contribution in [2.24, 2.45) is 0 Å². The molecule has 7 heteroatoms. The van der Waals surface area contributed by atoms with E-state index in [1.807, 2.05) is 19.2 Å². The van der Waals surface area contributed by atoms with E-state index in [-0.39, 0.29) is 5.91 Å². The van der Waals surface area contributed by atoms with Crippen LogP contribution in [0, 0.1) is 0 Å². The molecule has 1 N–H and O–H groups in total. The zero-order chi connectivity index (χ0) is 21.1. The zero-order valence-corrected chi connectivity index (χ0v) is 18.8. The summed E-state index contributed by atoms with van der Waals surface area (Å²) in [7, 11) is -1.35. The van der Waals surface area contributed by atoms with Crippen LogP contribution in [0.4, 0.5) is 0 Å². The molecule has 29 heavy (non-hydrogen) atoms. The minimum absolute atomic E-state index is 0.0636. The Hall–Kier alpha value is -1.44. The van der Waals surface area contributed by atoms with E-state index < -0.39 is 10.0 Å². The highest BCUT2D eigenvalue weighted by molar-refractivity contribution is 7.89. The molecule has 0 spiro atoms. The topological polar surface area (TPSA) is 69.7 Å². The van der Waals surface area contributed by atoms with Crippen LogP contribution in [-0.2, 0) is 21.2 Å². The van der Waals surface area contributed by atoms with Crippen LogP contribution in [0.3, 0.4) is 0 Å². The number of hydrogen-bond acceptors (Lipinski definition) is 4. The van der Waals surface area contributed by atoms with E-state index in [2.05, 4.69) is 17.1 Å². The monoisotopic (exact) mass is 423 g/mol. The van der Waals surface area contributed by atoms with Crippen molar-refractivity contribution < 1.29 is 13.2 Å². The number of rotatable bonds is 11. The average Bonchev–Trinajstić information content (AvgIpc) is 3.01. The molecule has 0 unspecified atom stereocenters. The molecule has 1 saturated heterocycles. The van der Waals surface area contributed by atoms with Crippen LogP contribution >= 0.6 is 0 Å². The van der Waals surface area contributed by atoms with E-state index in [0.29, 0.717) is 37.4 Å². The zero-order valence-electron chi connectivity index (χ0n) is 18.0. The van der Waals surface area contributed by atoms with Gasteiger partial charge in [-0.05, 0) is 57.0 Å². The van der Waals surface area contributed by atoms with Crippen molar-refractivity contribution >= 4 is 15.9 Å². The van der Waals surface area contributed by atoms with Crippen LogP contribution in [0.15, 0.2) is 29.2 Å². The highest BCUT2D eigenvalue weighted by atomic mass is 32.2. The summed E-state index contributed by atoms with van der Waals surface area (Å²) < 4.78 is 27.2. The van der Waals surface area contributed by atoms with Crippen LogP contribution in [0.5, 0.6) is 0 Å². The first kappa shape index (κ1) is 23.8. The normalized spacial score (nSPS) is 16.0. The molecular weight excluding hydrogens is 386 g/mol. The fourth-order valence-corrected chi connectivity index (χ4v) is 5.04. The van der Waals surface area contributed by atoms with E-state index in [1.165, 1.54) is 0 Å². The number of carbonyl (C=O) groups excluding carboxylic acids is 1. The Bertz CT molecular complexity index is 711. The molecule has 0 atom stereocenters. The fraction of sp³-hybridized carbons (Fsp3) is 0.682. The number of nitrogens with zero attached hydrogens (tertiary/aromatic N) is 2. The summed E-state index contributed by atoms with van der Waals surface area (Å²) in [6.45, 7) is 5.76. The Kier molecular flexibility index (Phi) is 10.1. The highest BCUT2D eigenvalue weighted by Gasteiger charge is 2.24. The first-order chi connectivity index (χ1) is 13.9. The van der Waals surface area contributed by atoms with Crippen molar-refractivity contribution in [3.8, 4) is 0 Å². The van der Waals surface area contributed by atoms with Gasteiger partial charge in [0.1, 0.15) is 0 Å². The molecule has 1 aliphatic heterocycles. The molecule has 1 amide bonds. The standard InChI is InChI=1S/C22H37N3O3S/c1-3-4-16-24(2)19-14-22(26)23-15-13-20-9-11-21(12-10-20)29(27,28)25-17-7-5-6-8-18-25/h9-12H,3-8,13-19H2,1-2H3,(H,23,26). The molecule has 0 aromatic heterocycles. The van der Waals surface area contributed by atoms with Crippen LogP contribution < -0.4 is 5.32 Å². The van der Waals surface area contributed by atoms with Gasteiger partial charge in [-0.25, -0.2) is 8.42 Å². The van der Waals surface area contributed by atoms with E-state index in [0.717, 1.165) is 57.2 Å². The minimum atomic E-state index is -3.40. The summed E-state index contributed by atoms with van der Waals surface area (Å²) >= 11 is 0. The summed E-state index contributed by atoms with van der Waals surface area (Å²) in [5.74, 6) is 0.0636. The second kappa shape index (κ2) is 12.3. The summed E-state index contributed by atoms with van der Waals surface area (Å²) in [6.07, 6.45) is 7.60. The predicted octanol–water partition coefficient (Wildman–Crippen LogP) is 3.03. The molecule has 1 aromatic rings. The number of hydrogen-bond donors (Lipinski definition) is 1. The third-order valence-corrected chi connectivity index (χ3v) is 7.39. The molecule has 0 bridgehead atoms. The number of benzene rings is 1. The second-order valence-corrected chi connectivity index (χ2v) is 9.91. The maximum Gasteiger partial charge on any atom is 0.243 e. The quantitative estimate of drug-likeness (QED) is 0.594. The summed E-state index contributed by atoms with van der Waals surface area (Å²) in [5, 5.41) is 2.95. The number of amides is 1. The molecule has 1 aliphatic rings. The largest absolute Gasteiger partial charge is 0.356 e. The van der Waals surface area contributed by atoms with Gasteiger partial charge in [-0.1, -0.05) is 38.3 Å². The van der Waals surface area contributed by atoms with Crippen molar-refractivity contribution in [1.29, 1.82) is 0 Å². The second-order valence-electron chi connectivity index (χ2n) is 7.97. The van der Waals surface area contributed by atoms with E-state index in [4.69, 9.17) is 0 Å². The summed E-state index contributed by atoms with van der Waals surface area (Å²) in [4.78, 5) is 14.5. The van der Waals surface area contributed by atoms with Gasteiger partial charge in [-0.2, -0.15) is 4.31 Å². The molecule has 6 nitrogen and oxygen atoms in total. The molecule has 164 valence electrons. The lowest BCUT2D eigenvalue weighted by atomic mass is 10.1. The SMILES string of the molecule is CCCCN(C)CCC(=O)NCCc1ccc(S(=O)(=O)N2CCCCCC2)cc1.